The highest BCUT2D eigenvalue weighted by atomic mass is 79.9. The van der Waals surface area contributed by atoms with E-state index in [-0.39, 0.29) is 0 Å². The number of hydrogen-bond acceptors (Lipinski definition) is 3. The molecule has 4 nitrogen and oxygen atoms in total. The molecular weight excluding hydrogens is 256 g/mol. The molecule has 0 aliphatic heterocycles. The van der Waals surface area contributed by atoms with Gasteiger partial charge in [-0.05, 0) is 22.4 Å². The van der Waals surface area contributed by atoms with E-state index in [0.29, 0.717) is 0 Å². The van der Waals surface area contributed by atoms with Crippen LogP contribution in [0.1, 0.15) is 13.3 Å². The van der Waals surface area contributed by atoms with E-state index in [1.54, 1.807) is 6.20 Å². The lowest BCUT2D eigenvalue weighted by molar-refractivity contribution is 0.603. The summed E-state index contributed by atoms with van der Waals surface area (Å²) in [5.74, 6) is 0. The number of aryl methyl sites for hydroxylation is 1. The Balaban J connectivity index is 2.33. The summed E-state index contributed by atoms with van der Waals surface area (Å²) in [5.41, 5.74) is 2.01. The fourth-order valence-corrected chi connectivity index (χ4v) is 1.79. The van der Waals surface area contributed by atoms with Gasteiger partial charge in [0.05, 0.1) is 6.20 Å². The fourth-order valence-electron chi connectivity index (χ4n) is 1.36. The summed E-state index contributed by atoms with van der Waals surface area (Å²) in [6, 6.07) is 0. The van der Waals surface area contributed by atoms with Gasteiger partial charge in [-0.2, -0.15) is 5.10 Å². The summed E-state index contributed by atoms with van der Waals surface area (Å²) in [6.07, 6.45) is 8.22. The van der Waals surface area contributed by atoms with Gasteiger partial charge in [-0.3, -0.25) is 4.68 Å². The standard InChI is InChI=1S/C10H11BrN4/c1-2-3-15-6-8(4-14-15)9-5-12-7-13-10(9)11/h4-7H,2-3H2,1H3. The maximum atomic E-state index is 4.26. The third kappa shape index (κ3) is 2.23. The van der Waals surface area contributed by atoms with Crippen molar-refractivity contribution in [2.75, 3.05) is 0 Å². The van der Waals surface area contributed by atoms with E-state index in [0.717, 1.165) is 28.7 Å². The fraction of sp³-hybridized carbons (Fsp3) is 0.300. The maximum absolute atomic E-state index is 4.26. The zero-order chi connectivity index (χ0) is 10.7. The molecule has 0 fully saturated rings. The Bertz CT molecular complexity index is 452. The van der Waals surface area contributed by atoms with Gasteiger partial charge < -0.3 is 0 Å². The lowest BCUT2D eigenvalue weighted by Gasteiger charge is -1.98. The zero-order valence-electron chi connectivity index (χ0n) is 8.39. The monoisotopic (exact) mass is 266 g/mol. The van der Waals surface area contributed by atoms with Crippen LogP contribution in [0.15, 0.2) is 29.5 Å². The normalized spacial score (nSPS) is 10.5. The molecule has 0 atom stereocenters. The van der Waals surface area contributed by atoms with Crippen molar-refractivity contribution in [1.82, 2.24) is 19.7 Å². The second-order valence-corrected chi connectivity index (χ2v) is 3.97. The van der Waals surface area contributed by atoms with E-state index >= 15 is 0 Å². The van der Waals surface area contributed by atoms with E-state index in [9.17, 15) is 0 Å². The number of nitrogens with zero attached hydrogens (tertiary/aromatic N) is 4. The third-order valence-electron chi connectivity index (χ3n) is 2.06. The van der Waals surface area contributed by atoms with E-state index in [1.165, 1.54) is 6.33 Å². The maximum Gasteiger partial charge on any atom is 0.117 e. The van der Waals surface area contributed by atoms with E-state index in [4.69, 9.17) is 0 Å². The average Bonchev–Trinajstić information content (AvgIpc) is 2.68. The van der Waals surface area contributed by atoms with Gasteiger partial charge in [0.2, 0.25) is 0 Å². The number of halogens is 1. The molecule has 0 saturated carbocycles. The highest BCUT2D eigenvalue weighted by molar-refractivity contribution is 9.10. The van der Waals surface area contributed by atoms with Gasteiger partial charge in [-0.15, -0.1) is 0 Å². The van der Waals surface area contributed by atoms with Gasteiger partial charge >= 0.3 is 0 Å². The van der Waals surface area contributed by atoms with Gasteiger partial charge in [0.1, 0.15) is 10.9 Å². The molecule has 78 valence electrons. The van der Waals surface area contributed by atoms with Gasteiger partial charge in [0.15, 0.2) is 0 Å². The van der Waals surface area contributed by atoms with Crippen LogP contribution in [-0.4, -0.2) is 19.7 Å². The summed E-state index contributed by atoms with van der Waals surface area (Å²) in [4.78, 5) is 8.08. The van der Waals surface area contributed by atoms with Crippen LogP contribution in [0.5, 0.6) is 0 Å². The molecule has 0 unspecified atom stereocenters. The van der Waals surface area contributed by atoms with Gasteiger partial charge in [0, 0.05) is 30.1 Å². The van der Waals surface area contributed by atoms with Crippen molar-refractivity contribution < 1.29 is 0 Å². The van der Waals surface area contributed by atoms with Crippen LogP contribution in [-0.2, 0) is 6.54 Å². The number of hydrogen-bond donors (Lipinski definition) is 0. The van der Waals surface area contributed by atoms with Gasteiger partial charge in [-0.1, -0.05) is 6.92 Å². The van der Waals surface area contributed by atoms with Crippen LogP contribution >= 0.6 is 15.9 Å². The van der Waals surface area contributed by atoms with Gasteiger partial charge in [-0.25, -0.2) is 9.97 Å². The molecule has 0 bridgehead atoms. The molecule has 2 aromatic rings. The predicted molar refractivity (Wildman–Crippen MR) is 61.2 cm³/mol. The molecule has 0 aliphatic rings. The Labute approximate surface area is 96.5 Å². The second-order valence-electron chi connectivity index (χ2n) is 3.22. The Kier molecular flexibility index (Phi) is 3.11. The van der Waals surface area contributed by atoms with Crippen molar-refractivity contribution in [2.24, 2.45) is 0 Å². The molecule has 0 amide bonds. The van der Waals surface area contributed by atoms with Crippen LogP contribution < -0.4 is 0 Å². The molecule has 0 aliphatic carbocycles. The molecule has 0 radical (unpaired) electrons. The first kappa shape index (κ1) is 10.3. The van der Waals surface area contributed by atoms with Crippen LogP contribution in [0.4, 0.5) is 0 Å². The first-order valence-corrected chi connectivity index (χ1v) is 5.59. The van der Waals surface area contributed by atoms with E-state index in [2.05, 4.69) is 37.9 Å². The molecule has 0 spiro atoms. The minimum absolute atomic E-state index is 0.800. The highest BCUT2D eigenvalue weighted by Gasteiger charge is 2.06. The number of rotatable bonds is 3. The molecule has 2 rings (SSSR count). The minimum Gasteiger partial charge on any atom is -0.272 e. The number of aromatic nitrogens is 4. The summed E-state index contributed by atoms with van der Waals surface area (Å²) in [6.45, 7) is 3.06. The molecular formula is C10H11BrN4. The quantitative estimate of drug-likeness (QED) is 0.802. The lowest BCUT2D eigenvalue weighted by Crippen LogP contribution is -1.95. The third-order valence-corrected chi connectivity index (χ3v) is 2.69. The average molecular weight is 267 g/mol. The van der Waals surface area contributed by atoms with E-state index in [1.807, 2.05) is 17.1 Å². The SMILES string of the molecule is CCCn1cc(-c2cncnc2Br)cn1. The largest absolute Gasteiger partial charge is 0.272 e. The van der Waals surface area contributed by atoms with Crippen LogP contribution in [0.2, 0.25) is 0 Å². The smallest absolute Gasteiger partial charge is 0.117 e. The lowest BCUT2D eigenvalue weighted by atomic mass is 10.2. The Hall–Kier alpha value is -1.23. The predicted octanol–water partition coefficient (Wildman–Crippen LogP) is 2.51. The highest BCUT2D eigenvalue weighted by Crippen LogP contribution is 2.24. The van der Waals surface area contributed by atoms with Crippen molar-refractivity contribution in [3.8, 4) is 11.1 Å². The first-order valence-electron chi connectivity index (χ1n) is 4.79. The van der Waals surface area contributed by atoms with Crippen LogP contribution in [0, 0.1) is 0 Å². The molecule has 2 heterocycles. The summed E-state index contributed by atoms with van der Waals surface area (Å²) >= 11 is 3.39. The van der Waals surface area contributed by atoms with Gasteiger partial charge in [0.25, 0.3) is 0 Å². The topological polar surface area (TPSA) is 43.6 Å². The van der Waals surface area contributed by atoms with Crippen molar-refractivity contribution >= 4 is 15.9 Å². The zero-order valence-corrected chi connectivity index (χ0v) is 9.98. The molecule has 0 saturated heterocycles. The second kappa shape index (κ2) is 4.53. The van der Waals surface area contributed by atoms with Crippen LogP contribution in [0.3, 0.4) is 0 Å². The summed E-state index contributed by atoms with van der Waals surface area (Å²) in [7, 11) is 0. The van der Waals surface area contributed by atoms with E-state index < -0.39 is 0 Å². The van der Waals surface area contributed by atoms with Crippen molar-refractivity contribution in [2.45, 2.75) is 19.9 Å². The Morgan fingerprint density at radius 2 is 2.27 bits per heavy atom. The Morgan fingerprint density at radius 3 is 3.00 bits per heavy atom. The molecule has 2 aromatic heterocycles. The van der Waals surface area contributed by atoms with Crippen LogP contribution in [0.25, 0.3) is 11.1 Å². The molecule has 0 aromatic carbocycles. The minimum atomic E-state index is 0.800. The summed E-state index contributed by atoms with van der Waals surface area (Å²) in [5, 5.41) is 4.26. The molecule has 15 heavy (non-hydrogen) atoms. The first-order chi connectivity index (χ1) is 7.31. The molecule has 0 N–H and O–H groups in total. The summed E-state index contributed by atoms with van der Waals surface area (Å²) < 4.78 is 2.72. The van der Waals surface area contributed by atoms with Crippen molar-refractivity contribution in [3.05, 3.63) is 29.5 Å². The Morgan fingerprint density at radius 1 is 1.40 bits per heavy atom. The van der Waals surface area contributed by atoms with Crippen molar-refractivity contribution in [3.63, 3.8) is 0 Å². The molecule has 5 heteroatoms. The van der Waals surface area contributed by atoms with Crippen molar-refractivity contribution in [1.29, 1.82) is 0 Å².